The molecule has 0 spiro atoms. The third-order valence-electron chi connectivity index (χ3n) is 2.19. The topological polar surface area (TPSA) is 43.7 Å². The average molecular weight is 177 g/mol. The first kappa shape index (κ1) is 9.89. The zero-order valence-electron chi connectivity index (χ0n) is 7.28. The molecule has 2 N–H and O–H groups in total. The lowest BCUT2D eigenvalue weighted by Gasteiger charge is -2.23. The molecule has 1 aliphatic heterocycles. The lowest BCUT2D eigenvalue weighted by atomic mass is 10.2. The lowest BCUT2D eigenvalue weighted by molar-refractivity contribution is 0.0937. The second-order valence-electron chi connectivity index (χ2n) is 3.47. The molecule has 72 valence electrons. The fourth-order valence-corrected chi connectivity index (χ4v) is 1.68. The number of hydrogen-bond donors (Lipinski definition) is 2. The molecular formula is C8H16FNO2. The minimum absolute atomic E-state index is 0.0207. The predicted molar refractivity (Wildman–Crippen MR) is 43.6 cm³/mol. The maximum absolute atomic E-state index is 12.8. The van der Waals surface area contributed by atoms with Crippen molar-refractivity contribution in [1.29, 1.82) is 0 Å². The zero-order chi connectivity index (χ0) is 9.14. The molecule has 0 radical (unpaired) electrons. The minimum atomic E-state index is -0.846. The average Bonchev–Trinajstić information content (AvgIpc) is 2.29. The first-order valence-electron chi connectivity index (χ1n) is 4.30. The van der Waals surface area contributed by atoms with Gasteiger partial charge < -0.3 is 10.2 Å². The molecule has 1 heterocycles. The summed E-state index contributed by atoms with van der Waals surface area (Å²) in [6, 6.07) is -0.102. The molecule has 0 aliphatic carbocycles. The van der Waals surface area contributed by atoms with E-state index in [1.54, 1.807) is 11.8 Å². The number of aliphatic hydroxyl groups is 2. The summed E-state index contributed by atoms with van der Waals surface area (Å²) in [5, 5.41) is 17.9. The van der Waals surface area contributed by atoms with Gasteiger partial charge in [0.2, 0.25) is 0 Å². The number of nitrogens with zero attached hydrogens (tertiary/aromatic N) is 1. The fourth-order valence-electron chi connectivity index (χ4n) is 1.68. The molecule has 1 aliphatic rings. The van der Waals surface area contributed by atoms with E-state index >= 15 is 0 Å². The van der Waals surface area contributed by atoms with E-state index < -0.39 is 12.3 Å². The van der Waals surface area contributed by atoms with Gasteiger partial charge in [-0.05, 0) is 13.3 Å². The van der Waals surface area contributed by atoms with Crippen molar-refractivity contribution in [3.8, 4) is 0 Å². The van der Waals surface area contributed by atoms with Crippen LogP contribution in [-0.4, -0.2) is 53.1 Å². The monoisotopic (exact) mass is 177 g/mol. The maximum Gasteiger partial charge on any atom is 0.114 e. The highest BCUT2D eigenvalue weighted by molar-refractivity contribution is 4.85. The summed E-state index contributed by atoms with van der Waals surface area (Å²) in [6.45, 7) is 2.44. The molecule has 0 amide bonds. The molecule has 3 atom stereocenters. The smallest absolute Gasteiger partial charge is 0.114 e. The number of aliphatic hydroxyl groups excluding tert-OH is 2. The van der Waals surface area contributed by atoms with Gasteiger partial charge in [0.25, 0.3) is 0 Å². The van der Waals surface area contributed by atoms with E-state index in [-0.39, 0.29) is 12.6 Å². The maximum atomic E-state index is 12.8. The number of halogens is 1. The highest BCUT2D eigenvalue weighted by Gasteiger charge is 2.31. The molecular weight excluding hydrogens is 161 g/mol. The quantitative estimate of drug-likeness (QED) is 0.626. The third-order valence-corrected chi connectivity index (χ3v) is 2.19. The van der Waals surface area contributed by atoms with Gasteiger partial charge in [0.05, 0.1) is 12.7 Å². The summed E-state index contributed by atoms with van der Waals surface area (Å²) >= 11 is 0. The van der Waals surface area contributed by atoms with Crippen molar-refractivity contribution in [1.82, 2.24) is 4.90 Å². The first-order chi connectivity index (χ1) is 5.63. The van der Waals surface area contributed by atoms with Crippen molar-refractivity contribution in [3.05, 3.63) is 0 Å². The van der Waals surface area contributed by atoms with Gasteiger partial charge in [-0.2, -0.15) is 0 Å². The van der Waals surface area contributed by atoms with E-state index in [9.17, 15) is 4.39 Å². The molecule has 3 nitrogen and oxygen atoms in total. The summed E-state index contributed by atoms with van der Waals surface area (Å²) in [4.78, 5) is 1.80. The minimum Gasteiger partial charge on any atom is -0.395 e. The highest BCUT2D eigenvalue weighted by Crippen LogP contribution is 2.19. The SMILES string of the molecule is CC(O)CN1C[C@@H](F)C[C@H]1CO. The lowest BCUT2D eigenvalue weighted by Crippen LogP contribution is -2.37. The Balaban J connectivity index is 2.40. The molecule has 12 heavy (non-hydrogen) atoms. The van der Waals surface area contributed by atoms with Crippen LogP contribution in [0.1, 0.15) is 13.3 Å². The molecule has 1 fully saturated rings. The van der Waals surface area contributed by atoms with Crippen LogP contribution in [0.3, 0.4) is 0 Å². The van der Waals surface area contributed by atoms with Gasteiger partial charge in [-0.25, -0.2) is 4.39 Å². The summed E-state index contributed by atoms with van der Waals surface area (Å²) < 4.78 is 12.8. The van der Waals surface area contributed by atoms with Gasteiger partial charge in [0, 0.05) is 19.1 Å². The van der Waals surface area contributed by atoms with Crippen molar-refractivity contribution in [2.24, 2.45) is 0 Å². The van der Waals surface area contributed by atoms with Crippen LogP contribution in [-0.2, 0) is 0 Å². The molecule has 0 saturated carbocycles. The second-order valence-corrected chi connectivity index (χ2v) is 3.47. The van der Waals surface area contributed by atoms with Gasteiger partial charge in [-0.1, -0.05) is 0 Å². The van der Waals surface area contributed by atoms with Gasteiger partial charge in [-0.3, -0.25) is 4.90 Å². The van der Waals surface area contributed by atoms with Crippen molar-refractivity contribution < 1.29 is 14.6 Å². The van der Waals surface area contributed by atoms with Crippen LogP contribution in [0.4, 0.5) is 4.39 Å². The van der Waals surface area contributed by atoms with Gasteiger partial charge >= 0.3 is 0 Å². The van der Waals surface area contributed by atoms with E-state index in [1.807, 2.05) is 0 Å². The van der Waals surface area contributed by atoms with E-state index in [2.05, 4.69) is 0 Å². The predicted octanol–water partition coefficient (Wildman–Crippen LogP) is -0.228. The van der Waals surface area contributed by atoms with Gasteiger partial charge in [0.15, 0.2) is 0 Å². The van der Waals surface area contributed by atoms with Crippen LogP contribution < -0.4 is 0 Å². The van der Waals surface area contributed by atoms with Gasteiger partial charge in [0.1, 0.15) is 6.17 Å². The fraction of sp³-hybridized carbons (Fsp3) is 1.00. The molecule has 1 unspecified atom stereocenters. The van der Waals surface area contributed by atoms with Crippen LogP contribution in [0.5, 0.6) is 0 Å². The van der Waals surface area contributed by atoms with Crippen LogP contribution in [0.2, 0.25) is 0 Å². The molecule has 1 rings (SSSR count). The second kappa shape index (κ2) is 4.16. The van der Waals surface area contributed by atoms with E-state index in [4.69, 9.17) is 10.2 Å². The molecule has 0 aromatic heterocycles. The van der Waals surface area contributed by atoms with Crippen LogP contribution in [0, 0.1) is 0 Å². The number of alkyl halides is 1. The van der Waals surface area contributed by atoms with E-state index in [0.717, 1.165) is 0 Å². The van der Waals surface area contributed by atoms with Gasteiger partial charge in [-0.15, -0.1) is 0 Å². The Kier molecular flexibility index (Phi) is 3.43. The van der Waals surface area contributed by atoms with Crippen molar-refractivity contribution in [2.75, 3.05) is 19.7 Å². The molecule has 4 heteroatoms. The van der Waals surface area contributed by atoms with E-state index in [0.29, 0.717) is 19.5 Å². The van der Waals surface area contributed by atoms with Crippen LogP contribution in [0.15, 0.2) is 0 Å². The summed E-state index contributed by atoms with van der Waals surface area (Å²) in [7, 11) is 0. The number of hydrogen-bond acceptors (Lipinski definition) is 3. The highest BCUT2D eigenvalue weighted by atomic mass is 19.1. The number of rotatable bonds is 3. The third kappa shape index (κ3) is 2.40. The molecule has 0 bridgehead atoms. The van der Waals surface area contributed by atoms with Crippen molar-refractivity contribution >= 4 is 0 Å². The van der Waals surface area contributed by atoms with Crippen molar-refractivity contribution in [2.45, 2.75) is 31.7 Å². The summed E-state index contributed by atoms with van der Waals surface area (Å²) in [6.07, 6.45) is -0.909. The molecule has 1 saturated heterocycles. The Morgan fingerprint density at radius 1 is 1.67 bits per heavy atom. The zero-order valence-corrected chi connectivity index (χ0v) is 7.28. The van der Waals surface area contributed by atoms with E-state index in [1.165, 1.54) is 0 Å². The normalized spacial score (nSPS) is 34.0. The molecule has 0 aromatic rings. The summed E-state index contributed by atoms with van der Waals surface area (Å²) in [5.74, 6) is 0. The Bertz CT molecular complexity index is 143. The first-order valence-corrected chi connectivity index (χ1v) is 4.30. The van der Waals surface area contributed by atoms with Crippen LogP contribution >= 0.6 is 0 Å². The summed E-state index contributed by atoms with van der Waals surface area (Å²) in [5.41, 5.74) is 0. The molecule has 0 aromatic carbocycles. The number of likely N-dealkylation sites (tertiary alicyclic amines) is 1. The number of β-amino-alcohol motifs (C(OH)–C–C–N with tert-alkyl or cyclic N) is 1. The van der Waals surface area contributed by atoms with Crippen molar-refractivity contribution in [3.63, 3.8) is 0 Å². The standard InChI is InChI=1S/C8H16FNO2/c1-6(12)3-10-4-7(9)2-8(10)5-11/h6-8,11-12H,2-5H2,1H3/t6?,7-,8-/m0/s1. The Morgan fingerprint density at radius 3 is 2.83 bits per heavy atom. The Hall–Kier alpha value is -0.190. The Labute approximate surface area is 71.8 Å². The largest absolute Gasteiger partial charge is 0.395 e. The Morgan fingerprint density at radius 2 is 2.33 bits per heavy atom. The van der Waals surface area contributed by atoms with Crippen LogP contribution in [0.25, 0.3) is 0 Å².